The number of amides is 1. The minimum Gasteiger partial charge on any atom is -0.342 e. The van der Waals surface area contributed by atoms with Gasteiger partial charge >= 0.3 is 0 Å². The molecule has 1 fully saturated rings. The van der Waals surface area contributed by atoms with Gasteiger partial charge in [0.1, 0.15) is 0 Å². The van der Waals surface area contributed by atoms with E-state index in [1.54, 1.807) is 6.20 Å². The van der Waals surface area contributed by atoms with Crippen molar-refractivity contribution in [1.82, 2.24) is 20.0 Å². The van der Waals surface area contributed by atoms with E-state index >= 15 is 0 Å². The molecule has 0 spiro atoms. The third-order valence-electron chi connectivity index (χ3n) is 4.14. The van der Waals surface area contributed by atoms with Crippen LogP contribution in [0.2, 0.25) is 0 Å². The second kappa shape index (κ2) is 6.75. The Morgan fingerprint density at radius 1 is 1.36 bits per heavy atom. The predicted molar refractivity (Wildman–Crippen MR) is 85.9 cm³/mol. The summed E-state index contributed by atoms with van der Waals surface area (Å²) in [6.07, 6.45) is 5.25. The van der Waals surface area contributed by atoms with Gasteiger partial charge in [0, 0.05) is 19.3 Å². The summed E-state index contributed by atoms with van der Waals surface area (Å²) >= 11 is 0. The quantitative estimate of drug-likeness (QED) is 0.910. The van der Waals surface area contributed by atoms with Gasteiger partial charge < -0.3 is 10.2 Å². The largest absolute Gasteiger partial charge is 0.342 e. The maximum atomic E-state index is 12.4. The van der Waals surface area contributed by atoms with Crippen LogP contribution in [-0.2, 0) is 11.2 Å². The van der Waals surface area contributed by atoms with Gasteiger partial charge in [-0.2, -0.15) is 5.10 Å². The van der Waals surface area contributed by atoms with Gasteiger partial charge in [0.15, 0.2) is 0 Å². The van der Waals surface area contributed by atoms with Gasteiger partial charge in [0.25, 0.3) is 0 Å². The summed E-state index contributed by atoms with van der Waals surface area (Å²) in [5.41, 5.74) is 1.97. The van der Waals surface area contributed by atoms with Crippen molar-refractivity contribution in [3.05, 3.63) is 48.3 Å². The van der Waals surface area contributed by atoms with Crippen molar-refractivity contribution in [2.24, 2.45) is 5.92 Å². The van der Waals surface area contributed by atoms with Crippen LogP contribution in [0, 0.1) is 5.92 Å². The Hall–Kier alpha value is -2.14. The number of para-hydroxylation sites is 1. The lowest BCUT2D eigenvalue weighted by atomic mass is 10.1. The van der Waals surface area contributed by atoms with Crippen LogP contribution in [-0.4, -0.2) is 47.3 Å². The Labute approximate surface area is 130 Å². The predicted octanol–water partition coefficient (Wildman–Crippen LogP) is 1.48. The highest BCUT2D eigenvalue weighted by Crippen LogP contribution is 2.17. The number of rotatable bonds is 5. The molecule has 5 heteroatoms. The van der Waals surface area contributed by atoms with E-state index in [0.717, 1.165) is 37.3 Å². The van der Waals surface area contributed by atoms with Crippen LogP contribution in [0.4, 0.5) is 0 Å². The average Bonchev–Trinajstić information content (AvgIpc) is 3.18. The van der Waals surface area contributed by atoms with Crippen molar-refractivity contribution in [1.29, 1.82) is 0 Å². The molecule has 1 N–H and O–H groups in total. The molecule has 2 aromatic rings. The maximum absolute atomic E-state index is 12.4. The Bertz CT molecular complexity index is 623. The molecule has 1 aliphatic rings. The summed E-state index contributed by atoms with van der Waals surface area (Å²) < 4.78 is 1.82. The molecule has 1 unspecified atom stereocenters. The Kier molecular flexibility index (Phi) is 4.53. The molecule has 0 saturated carbocycles. The lowest BCUT2D eigenvalue weighted by Crippen LogP contribution is -2.31. The highest BCUT2D eigenvalue weighted by atomic mass is 16.2. The van der Waals surface area contributed by atoms with Crippen molar-refractivity contribution in [3.8, 4) is 5.69 Å². The van der Waals surface area contributed by atoms with Gasteiger partial charge in [0.05, 0.1) is 18.3 Å². The van der Waals surface area contributed by atoms with Gasteiger partial charge in [-0.3, -0.25) is 4.79 Å². The van der Waals surface area contributed by atoms with E-state index in [2.05, 4.69) is 10.4 Å². The number of carbonyl (C=O) groups excluding carboxylic acids is 1. The van der Waals surface area contributed by atoms with E-state index in [1.165, 1.54) is 0 Å². The van der Waals surface area contributed by atoms with Gasteiger partial charge in [-0.1, -0.05) is 18.2 Å². The minimum absolute atomic E-state index is 0.200. The summed E-state index contributed by atoms with van der Waals surface area (Å²) in [6, 6.07) is 9.94. The standard InChI is InChI=1S/C17H22N4O/c1-18-10-14-7-8-20(12-14)17(22)9-15-11-19-21(13-15)16-5-3-2-4-6-16/h2-6,11,13-14,18H,7-10,12H2,1H3. The fraction of sp³-hybridized carbons (Fsp3) is 0.412. The van der Waals surface area contributed by atoms with Crippen LogP contribution in [0.25, 0.3) is 5.69 Å². The zero-order chi connectivity index (χ0) is 15.4. The zero-order valence-corrected chi connectivity index (χ0v) is 12.9. The molecule has 1 atom stereocenters. The minimum atomic E-state index is 0.200. The topological polar surface area (TPSA) is 50.2 Å². The Balaban J connectivity index is 1.60. The fourth-order valence-electron chi connectivity index (χ4n) is 2.97. The second-order valence-corrected chi connectivity index (χ2v) is 5.86. The smallest absolute Gasteiger partial charge is 0.227 e. The molecule has 2 heterocycles. The molecule has 5 nitrogen and oxygen atoms in total. The molecule has 1 aromatic heterocycles. The van der Waals surface area contributed by atoms with Gasteiger partial charge in [0.2, 0.25) is 5.91 Å². The van der Waals surface area contributed by atoms with Gasteiger partial charge in [-0.05, 0) is 43.6 Å². The van der Waals surface area contributed by atoms with E-state index in [-0.39, 0.29) is 5.91 Å². The van der Waals surface area contributed by atoms with Gasteiger partial charge in [-0.15, -0.1) is 0 Å². The molecule has 22 heavy (non-hydrogen) atoms. The number of likely N-dealkylation sites (tertiary alicyclic amines) is 1. The molecule has 1 aliphatic heterocycles. The molecule has 0 aliphatic carbocycles. The van der Waals surface area contributed by atoms with Crippen LogP contribution >= 0.6 is 0 Å². The van der Waals surface area contributed by atoms with Crippen LogP contribution < -0.4 is 5.32 Å². The van der Waals surface area contributed by atoms with Crippen LogP contribution in [0.1, 0.15) is 12.0 Å². The highest BCUT2D eigenvalue weighted by Gasteiger charge is 2.25. The number of hydrogen-bond donors (Lipinski definition) is 1. The van der Waals surface area contributed by atoms with Crippen molar-refractivity contribution in [2.75, 3.05) is 26.7 Å². The summed E-state index contributed by atoms with van der Waals surface area (Å²) in [5, 5.41) is 7.54. The van der Waals surface area contributed by atoms with E-state index < -0.39 is 0 Å². The first kappa shape index (κ1) is 14.8. The summed E-state index contributed by atoms with van der Waals surface area (Å²) in [6.45, 7) is 2.72. The van der Waals surface area contributed by atoms with Gasteiger partial charge in [-0.25, -0.2) is 4.68 Å². The maximum Gasteiger partial charge on any atom is 0.227 e. The molecule has 116 valence electrons. The van der Waals surface area contributed by atoms with Crippen molar-refractivity contribution >= 4 is 5.91 Å². The van der Waals surface area contributed by atoms with Crippen molar-refractivity contribution in [3.63, 3.8) is 0 Å². The number of hydrogen-bond acceptors (Lipinski definition) is 3. The highest BCUT2D eigenvalue weighted by molar-refractivity contribution is 5.78. The van der Waals surface area contributed by atoms with Crippen molar-refractivity contribution < 1.29 is 4.79 Å². The molecule has 1 amide bonds. The van der Waals surface area contributed by atoms with E-state index in [9.17, 15) is 4.79 Å². The number of nitrogens with zero attached hydrogens (tertiary/aromatic N) is 3. The van der Waals surface area contributed by atoms with Crippen LogP contribution in [0.3, 0.4) is 0 Å². The fourth-order valence-corrected chi connectivity index (χ4v) is 2.97. The lowest BCUT2D eigenvalue weighted by Gasteiger charge is -2.16. The SMILES string of the molecule is CNCC1CCN(C(=O)Cc2cnn(-c3ccccc3)c2)C1. The first-order chi connectivity index (χ1) is 10.8. The third kappa shape index (κ3) is 3.36. The van der Waals surface area contributed by atoms with E-state index in [0.29, 0.717) is 12.3 Å². The first-order valence-electron chi connectivity index (χ1n) is 7.77. The Morgan fingerprint density at radius 3 is 2.95 bits per heavy atom. The summed E-state index contributed by atoms with van der Waals surface area (Å²) in [4.78, 5) is 14.4. The summed E-state index contributed by atoms with van der Waals surface area (Å²) in [5.74, 6) is 0.784. The number of benzene rings is 1. The zero-order valence-electron chi connectivity index (χ0n) is 12.9. The average molecular weight is 298 g/mol. The number of aromatic nitrogens is 2. The normalized spacial score (nSPS) is 17.9. The molecule has 0 bridgehead atoms. The number of nitrogens with one attached hydrogen (secondary N) is 1. The Morgan fingerprint density at radius 2 is 2.18 bits per heavy atom. The molecular weight excluding hydrogens is 276 g/mol. The second-order valence-electron chi connectivity index (χ2n) is 5.86. The molecule has 3 rings (SSSR count). The number of carbonyl (C=O) groups is 1. The van der Waals surface area contributed by atoms with Crippen LogP contribution in [0.15, 0.2) is 42.7 Å². The first-order valence-corrected chi connectivity index (χ1v) is 7.77. The van der Waals surface area contributed by atoms with E-state index in [4.69, 9.17) is 0 Å². The molecule has 1 aromatic carbocycles. The summed E-state index contributed by atoms with van der Waals surface area (Å²) in [7, 11) is 1.96. The third-order valence-corrected chi connectivity index (χ3v) is 4.14. The molecule has 1 saturated heterocycles. The van der Waals surface area contributed by atoms with Crippen molar-refractivity contribution in [2.45, 2.75) is 12.8 Å². The van der Waals surface area contributed by atoms with Crippen LogP contribution in [0.5, 0.6) is 0 Å². The van der Waals surface area contributed by atoms with E-state index in [1.807, 2.05) is 53.2 Å². The molecular formula is C17H22N4O. The lowest BCUT2D eigenvalue weighted by molar-refractivity contribution is -0.129. The molecule has 0 radical (unpaired) electrons. The monoisotopic (exact) mass is 298 g/mol.